The van der Waals surface area contributed by atoms with Crippen LogP contribution in [-0.2, 0) is 25.8 Å². The van der Waals surface area contributed by atoms with Crippen LogP contribution in [0.2, 0.25) is 0 Å². The molecule has 0 radical (unpaired) electrons. The van der Waals surface area contributed by atoms with Crippen LogP contribution in [0.15, 0.2) is 53.6 Å². The summed E-state index contributed by atoms with van der Waals surface area (Å²) in [4.78, 5) is 3.63. The van der Waals surface area contributed by atoms with Gasteiger partial charge in [0.1, 0.15) is 5.75 Å². The topological polar surface area (TPSA) is 119 Å². The molecule has 0 fully saturated rings. The van der Waals surface area contributed by atoms with Crippen molar-refractivity contribution in [2.24, 2.45) is 0 Å². The summed E-state index contributed by atoms with van der Waals surface area (Å²) in [6.07, 6.45) is 1.43. The second-order valence-corrected chi connectivity index (χ2v) is 7.90. The monoisotopic (exact) mass is 327 g/mol. The number of aromatic nitrogens is 1. The fourth-order valence-electron chi connectivity index (χ4n) is 1.60. The highest BCUT2D eigenvalue weighted by molar-refractivity contribution is 8.04. The minimum Gasteiger partial charge on any atom is -0.399 e. The molecule has 0 spiro atoms. The smallest absolute Gasteiger partial charge is 0.253 e. The Morgan fingerprint density at radius 2 is 1.81 bits per heavy atom. The Bertz CT molecular complexity index is 834. The maximum Gasteiger partial charge on any atom is 0.253 e. The molecule has 0 unspecified atom stereocenters. The van der Waals surface area contributed by atoms with Gasteiger partial charge < -0.3 is 5.73 Å². The number of pyridine rings is 1. The molecule has 1 aromatic carbocycles. The molecule has 9 heteroatoms. The van der Waals surface area contributed by atoms with Gasteiger partial charge in [-0.1, -0.05) is 12.1 Å². The highest BCUT2D eigenvalue weighted by atomic mass is 32.3. The van der Waals surface area contributed by atoms with E-state index in [4.69, 9.17) is 5.73 Å². The van der Waals surface area contributed by atoms with Crippen LogP contribution in [-0.4, -0.2) is 21.8 Å². The number of hydrogen-bond donors (Lipinski definition) is 2. The first-order chi connectivity index (χ1) is 9.78. The number of nitrogens with two attached hydrogens (primary N) is 1. The Balaban J connectivity index is 2.23. The van der Waals surface area contributed by atoms with Gasteiger partial charge in [-0.25, -0.2) is 16.8 Å². The lowest BCUT2D eigenvalue weighted by Gasteiger charge is -2.08. The summed E-state index contributed by atoms with van der Waals surface area (Å²) in [7, 11) is -8.30. The van der Waals surface area contributed by atoms with Gasteiger partial charge in [0.2, 0.25) is 10.0 Å². The molecule has 7 nitrogen and oxygen atoms in total. The Hall–Kier alpha value is -1.97. The van der Waals surface area contributed by atoms with Gasteiger partial charge in [0.15, 0.2) is 0 Å². The second kappa shape index (κ2) is 5.80. The Kier molecular flexibility index (Phi) is 4.26. The van der Waals surface area contributed by atoms with Crippen LogP contribution in [0, 0.1) is 0 Å². The highest BCUT2D eigenvalue weighted by Gasteiger charge is 2.23. The van der Waals surface area contributed by atoms with Gasteiger partial charge in [0, 0.05) is 11.9 Å². The first-order valence-electron chi connectivity index (χ1n) is 5.80. The third-order valence-corrected chi connectivity index (χ3v) is 5.91. The normalized spacial score (nSPS) is 12.2. The number of hydrogen-bond acceptors (Lipinski definition) is 6. The van der Waals surface area contributed by atoms with E-state index >= 15 is 0 Å². The van der Waals surface area contributed by atoms with Gasteiger partial charge in [-0.15, -0.1) is 4.13 Å². The molecule has 0 bridgehead atoms. The van der Waals surface area contributed by atoms with Crippen LogP contribution < -0.4 is 9.86 Å². The van der Waals surface area contributed by atoms with Crippen LogP contribution in [0.5, 0.6) is 0 Å². The number of anilines is 1. The second-order valence-electron chi connectivity index (χ2n) is 4.24. The molecule has 0 amide bonds. The van der Waals surface area contributed by atoms with Gasteiger partial charge in [0.05, 0.1) is 10.6 Å². The number of nitrogens with one attached hydrogen (secondary N) is 1. The van der Waals surface area contributed by atoms with Crippen molar-refractivity contribution in [1.29, 1.82) is 0 Å². The van der Waals surface area contributed by atoms with E-state index in [1.807, 2.05) is 0 Å². The van der Waals surface area contributed by atoms with Crippen LogP contribution in [0.3, 0.4) is 0 Å². The number of nitrogens with zero attached hydrogens (tertiary/aromatic N) is 1. The van der Waals surface area contributed by atoms with Crippen molar-refractivity contribution in [3.8, 4) is 0 Å². The van der Waals surface area contributed by atoms with Gasteiger partial charge in [-0.05, 0) is 30.3 Å². The fraction of sp³-hybridized carbons (Fsp3) is 0.0833. The maximum atomic E-state index is 12.0. The zero-order chi connectivity index (χ0) is 15.5. The van der Waals surface area contributed by atoms with Crippen molar-refractivity contribution >= 4 is 25.7 Å². The lowest BCUT2D eigenvalue weighted by atomic mass is 10.3. The molecular weight excluding hydrogens is 314 g/mol. The molecule has 3 N–H and O–H groups in total. The standard InChI is InChI=1S/C12H13N3O4S2/c13-10-4-3-6-12(8-10)21(18,19)15-20(16,17)9-11-5-1-2-7-14-11/h1-8,15H,9,13H2. The fourth-order valence-corrected chi connectivity index (χ4v) is 4.67. The molecule has 2 rings (SSSR count). The average Bonchev–Trinajstić information content (AvgIpc) is 2.38. The van der Waals surface area contributed by atoms with Crippen LogP contribution in [0.4, 0.5) is 5.69 Å². The molecule has 2 aromatic rings. The first-order valence-corrected chi connectivity index (χ1v) is 8.94. The van der Waals surface area contributed by atoms with Crippen LogP contribution in [0.25, 0.3) is 0 Å². The van der Waals surface area contributed by atoms with E-state index < -0.39 is 25.8 Å². The molecular formula is C12H13N3O4S2. The lowest BCUT2D eigenvalue weighted by molar-refractivity contribution is 0.576. The third-order valence-electron chi connectivity index (χ3n) is 2.47. The van der Waals surface area contributed by atoms with Gasteiger partial charge in [-0.2, -0.15) is 0 Å². The Morgan fingerprint density at radius 3 is 2.43 bits per heavy atom. The predicted molar refractivity (Wildman–Crippen MR) is 78.0 cm³/mol. The molecule has 21 heavy (non-hydrogen) atoms. The van der Waals surface area contributed by atoms with Gasteiger partial charge in [0.25, 0.3) is 10.0 Å². The Labute approximate surface area is 122 Å². The molecule has 0 aliphatic heterocycles. The van der Waals surface area contributed by atoms with Gasteiger partial charge >= 0.3 is 0 Å². The average molecular weight is 327 g/mol. The minimum absolute atomic E-state index is 0.216. The van der Waals surface area contributed by atoms with Crippen molar-refractivity contribution in [2.75, 3.05) is 5.73 Å². The van der Waals surface area contributed by atoms with Gasteiger partial charge in [-0.3, -0.25) is 4.98 Å². The molecule has 0 aliphatic rings. The molecule has 0 aliphatic carbocycles. The van der Waals surface area contributed by atoms with E-state index in [1.54, 1.807) is 16.3 Å². The highest BCUT2D eigenvalue weighted by Crippen LogP contribution is 2.14. The molecule has 0 atom stereocenters. The van der Waals surface area contributed by atoms with Crippen molar-refractivity contribution in [2.45, 2.75) is 10.6 Å². The zero-order valence-corrected chi connectivity index (χ0v) is 12.4. The molecule has 1 heterocycles. The summed E-state index contributed by atoms with van der Waals surface area (Å²) in [5.41, 5.74) is 5.96. The van der Waals surface area contributed by atoms with E-state index in [0.717, 1.165) is 0 Å². The Morgan fingerprint density at radius 1 is 1.05 bits per heavy atom. The van der Waals surface area contributed by atoms with E-state index in [-0.39, 0.29) is 16.3 Å². The first kappa shape index (κ1) is 15.4. The number of nitrogen functional groups attached to an aromatic ring is 1. The predicted octanol–water partition coefficient (Wildman–Crippen LogP) is 0.472. The summed E-state index contributed by atoms with van der Waals surface area (Å²) in [5.74, 6) is -0.532. The van der Waals surface area contributed by atoms with Crippen molar-refractivity contribution in [1.82, 2.24) is 9.11 Å². The van der Waals surface area contributed by atoms with E-state index in [0.29, 0.717) is 0 Å². The third kappa shape index (κ3) is 4.25. The van der Waals surface area contributed by atoms with Crippen molar-refractivity contribution < 1.29 is 16.8 Å². The van der Waals surface area contributed by atoms with E-state index in [2.05, 4.69) is 4.98 Å². The zero-order valence-electron chi connectivity index (χ0n) is 10.8. The quantitative estimate of drug-likeness (QED) is 0.771. The van der Waals surface area contributed by atoms with Crippen LogP contribution in [0.1, 0.15) is 5.69 Å². The van der Waals surface area contributed by atoms with Crippen LogP contribution >= 0.6 is 0 Å². The van der Waals surface area contributed by atoms with E-state index in [1.165, 1.54) is 36.5 Å². The molecule has 0 saturated carbocycles. The molecule has 1 aromatic heterocycles. The molecule has 0 saturated heterocycles. The van der Waals surface area contributed by atoms with Crippen molar-refractivity contribution in [3.63, 3.8) is 0 Å². The molecule has 112 valence electrons. The van der Waals surface area contributed by atoms with Crippen molar-refractivity contribution in [3.05, 3.63) is 54.4 Å². The number of sulfonamides is 2. The minimum atomic E-state index is -4.21. The summed E-state index contributed by atoms with van der Waals surface area (Å²) < 4.78 is 49.5. The largest absolute Gasteiger partial charge is 0.399 e. The summed E-state index contributed by atoms with van der Waals surface area (Å²) >= 11 is 0. The summed E-state index contributed by atoms with van der Waals surface area (Å²) in [6, 6.07) is 10.1. The summed E-state index contributed by atoms with van der Waals surface area (Å²) in [5, 5.41) is 0. The number of benzene rings is 1. The summed E-state index contributed by atoms with van der Waals surface area (Å²) in [6.45, 7) is 0. The van der Waals surface area contributed by atoms with E-state index in [9.17, 15) is 16.8 Å². The maximum absolute atomic E-state index is 12.0. The SMILES string of the molecule is Nc1cccc(S(=O)(=O)NS(=O)(=O)Cc2ccccn2)c1. The lowest BCUT2D eigenvalue weighted by Crippen LogP contribution is -2.31. The number of rotatable bonds is 5.